The first-order chi connectivity index (χ1) is 22.6. The number of hydrogen-bond donors (Lipinski definition) is 1. The molecule has 0 aromatic heterocycles. The zero-order valence-corrected chi connectivity index (χ0v) is 28.2. The van der Waals surface area contributed by atoms with Gasteiger partial charge in [-0.25, -0.2) is 8.42 Å². The molecule has 1 aliphatic rings. The summed E-state index contributed by atoms with van der Waals surface area (Å²) >= 11 is 6.08. The van der Waals surface area contributed by atoms with Gasteiger partial charge in [0.2, 0.25) is 11.8 Å². The van der Waals surface area contributed by atoms with Crippen LogP contribution < -0.4 is 14.4 Å². The molecule has 0 bridgehead atoms. The lowest BCUT2D eigenvalue weighted by atomic mass is 10.0. The summed E-state index contributed by atoms with van der Waals surface area (Å²) in [6, 6.07) is 28.8. The largest absolute Gasteiger partial charge is 0.497 e. The molecule has 1 atom stereocenters. The highest BCUT2D eigenvalue weighted by atomic mass is 35.5. The number of methoxy groups -OCH3 is 1. The van der Waals surface area contributed by atoms with E-state index >= 15 is 0 Å². The number of sulfonamides is 1. The van der Waals surface area contributed by atoms with E-state index in [0.29, 0.717) is 16.5 Å². The van der Waals surface area contributed by atoms with Gasteiger partial charge in [-0.3, -0.25) is 13.9 Å². The zero-order chi connectivity index (χ0) is 33.4. The maximum atomic E-state index is 14.6. The molecule has 1 N–H and O–H groups in total. The number of halogens is 1. The van der Waals surface area contributed by atoms with Gasteiger partial charge in [-0.2, -0.15) is 0 Å². The Balaban J connectivity index is 1.57. The first kappa shape index (κ1) is 34.0. The average molecular weight is 674 g/mol. The zero-order valence-electron chi connectivity index (χ0n) is 26.6. The maximum absolute atomic E-state index is 14.6. The van der Waals surface area contributed by atoms with Crippen LogP contribution in [0.3, 0.4) is 0 Å². The fourth-order valence-electron chi connectivity index (χ4n) is 5.86. The van der Waals surface area contributed by atoms with E-state index < -0.39 is 28.5 Å². The number of aryl methyl sites for hydroxylation is 1. The van der Waals surface area contributed by atoms with Gasteiger partial charge in [-0.05, 0) is 79.4 Å². The van der Waals surface area contributed by atoms with E-state index in [1.807, 2.05) is 61.5 Å². The molecule has 10 heteroatoms. The van der Waals surface area contributed by atoms with Crippen molar-refractivity contribution >= 4 is 39.1 Å². The number of amides is 2. The summed E-state index contributed by atoms with van der Waals surface area (Å²) in [4.78, 5) is 30.3. The number of nitrogens with zero attached hydrogens (tertiary/aromatic N) is 2. The van der Waals surface area contributed by atoms with Gasteiger partial charge in [0.15, 0.2) is 0 Å². The standard InChI is InChI=1S/C37H40ClN3O5S/c1-27-15-19-32(20-16-27)41(47(44,45)34-21-17-30(38)18-22-34)26-36(42)40(25-29-11-8-14-33(23-29)46-2)35(24-28-9-4-3-5-10-28)37(43)39-31-12-6-7-13-31/h3-5,8-11,14-23,31,35H,6-7,12-13,24-26H2,1-2H3,(H,39,43)/t35-/m0/s1. The van der Waals surface area contributed by atoms with Gasteiger partial charge in [0.05, 0.1) is 17.7 Å². The normalized spacial score (nSPS) is 13.9. The first-order valence-corrected chi connectivity index (χ1v) is 17.6. The van der Waals surface area contributed by atoms with Crippen LogP contribution in [0.25, 0.3) is 0 Å². The van der Waals surface area contributed by atoms with Gasteiger partial charge in [-0.1, -0.05) is 84.6 Å². The molecule has 0 radical (unpaired) electrons. The molecule has 1 saturated carbocycles. The molecule has 0 aliphatic heterocycles. The summed E-state index contributed by atoms with van der Waals surface area (Å²) in [5.41, 5.74) is 2.89. The third-order valence-electron chi connectivity index (χ3n) is 8.46. The molecular weight excluding hydrogens is 634 g/mol. The molecule has 0 unspecified atom stereocenters. The van der Waals surface area contributed by atoms with Gasteiger partial charge in [0.25, 0.3) is 10.0 Å². The van der Waals surface area contributed by atoms with Crippen LogP contribution >= 0.6 is 11.6 Å². The second-order valence-corrected chi connectivity index (χ2v) is 14.2. The second kappa shape index (κ2) is 15.5. The minimum absolute atomic E-state index is 0.00515. The highest BCUT2D eigenvalue weighted by Crippen LogP contribution is 2.27. The van der Waals surface area contributed by atoms with E-state index in [2.05, 4.69) is 5.32 Å². The van der Waals surface area contributed by atoms with Crippen LogP contribution in [0.4, 0.5) is 5.69 Å². The molecule has 1 aliphatic carbocycles. The summed E-state index contributed by atoms with van der Waals surface area (Å²) in [5.74, 6) is -0.176. The van der Waals surface area contributed by atoms with Gasteiger partial charge >= 0.3 is 0 Å². The number of carbonyl (C=O) groups is 2. The minimum atomic E-state index is -4.21. The van der Waals surface area contributed by atoms with Crippen LogP contribution in [0.2, 0.25) is 5.02 Å². The third-order valence-corrected chi connectivity index (χ3v) is 10.5. The van der Waals surface area contributed by atoms with Crippen molar-refractivity contribution in [3.8, 4) is 5.75 Å². The Hall–Kier alpha value is -4.34. The molecule has 4 aromatic carbocycles. The van der Waals surface area contributed by atoms with Crippen molar-refractivity contribution in [3.05, 3.63) is 125 Å². The molecule has 0 saturated heterocycles. The Labute approximate surface area is 282 Å². The number of nitrogens with one attached hydrogen (secondary N) is 1. The van der Waals surface area contributed by atoms with Crippen LogP contribution in [0.5, 0.6) is 5.75 Å². The number of rotatable bonds is 13. The third kappa shape index (κ3) is 8.73. The molecular formula is C37H40ClN3O5S. The van der Waals surface area contributed by atoms with E-state index in [9.17, 15) is 18.0 Å². The molecule has 246 valence electrons. The lowest BCUT2D eigenvalue weighted by molar-refractivity contribution is -0.140. The van der Waals surface area contributed by atoms with Crippen LogP contribution in [-0.2, 0) is 32.6 Å². The van der Waals surface area contributed by atoms with Crippen molar-refractivity contribution in [2.75, 3.05) is 18.0 Å². The van der Waals surface area contributed by atoms with Crippen LogP contribution in [0.1, 0.15) is 42.4 Å². The molecule has 5 rings (SSSR count). The van der Waals surface area contributed by atoms with Crippen LogP contribution in [0.15, 0.2) is 108 Å². The monoisotopic (exact) mass is 673 g/mol. The molecule has 47 heavy (non-hydrogen) atoms. The quantitative estimate of drug-likeness (QED) is 0.174. The molecule has 0 spiro atoms. The van der Waals surface area contributed by atoms with Gasteiger partial charge in [0, 0.05) is 24.0 Å². The predicted octanol–water partition coefficient (Wildman–Crippen LogP) is 6.55. The topological polar surface area (TPSA) is 96.0 Å². The van der Waals surface area contributed by atoms with Crippen LogP contribution in [0, 0.1) is 6.92 Å². The Kier molecular flexibility index (Phi) is 11.2. The summed E-state index contributed by atoms with van der Waals surface area (Å²) in [6.07, 6.45) is 4.09. The minimum Gasteiger partial charge on any atom is -0.497 e. The second-order valence-electron chi connectivity index (χ2n) is 11.9. The van der Waals surface area contributed by atoms with Crippen molar-refractivity contribution < 1.29 is 22.7 Å². The molecule has 2 amide bonds. The summed E-state index contributed by atoms with van der Waals surface area (Å²) in [7, 11) is -2.65. The highest BCUT2D eigenvalue weighted by molar-refractivity contribution is 7.92. The number of ether oxygens (including phenoxy) is 1. The number of carbonyl (C=O) groups excluding carboxylic acids is 2. The Bertz CT molecular complexity index is 1760. The highest BCUT2D eigenvalue weighted by Gasteiger charge is 2.35. The number of benzene rings is 4. The van der Waals surface area contributed by atoms with Crippen molar-refractivity contribution in [3.63, 3.8) is 0 Å². The lowest BCUT2D eigenvalue weighted by Gasteiger charge is -2.34. The smallest absolute Gasteiger partial charge is 0.264 e. The molecule has 0 heterocycles. The SMILES string of the molecule is COc1cccc(CN(C(=O)CN(c2ccc(C)cc2)S(=O)(=O)c2ccc(Cl)cc2)[C@@H](Cc2ccccc2)C(=O)NC2CCCC2)c1. The van der Waals surface area contributed by atoms with Gasteiger partial charge in [-0.15, -0.1) is 0 Å². The lowest BCUT2D eigenvalue weighted by Crippen LogP contribution is -2.54. The number of anilines is 1. The van der Waals surface area contributed by atoms with E-state index in [4.69, 9.17) is 16.3 Å². The first-order valence-electron chi connectivity index (χ1n) is 15.8. The average Bonchev–Trinajstić information content (AvgIpc) is 3.59. The van der Waals surface area contributed by atoms with E-state index in [1.54, 1.807) is 31.4 Å². The summed E-state index contributed by atoms with van der Waals surface area (Å²) in [6.45, 7) is 1.44. The van der Waals surface area contributed by atoms with E-state index in [0.717, 1.165) is 46.7 Å². The van der Waals surface area contributed by atoms with E-state index in [-0.39, 0.29) is 29.8 Å². The van der Waals surface area contributed by atoms with Crippen molar-refractivity contribution in [2.45, 2.75) is 62.6 Å². The summed E-state index contributed by atoms with van der Waals surface area (Å²) in [5, 5.41) is 3.59. The number of hydrogen-bond acceptors (Lipinski definition) is 5. The summed E-state index contributed by atoms with van der Waals surface area (Å²) < 4.78 is 34.9. The Morgan fingerprint density at radius 3 is 2.21 bits per heavy atom. The van der Waals surface area contributed by atoms with Crippen molar-refractivity contribution in [1.29, 1.82) is 0 Å². The van der Waals surface area contributed by atoms with Crippen LogP contribution in [-0.4, -0.2) is 50.9 Å². The Morgan fingerprint density at radius 1 is 0.894 bits per heavy atom. The van der Waals surface area contributed by atoms with Gasteiger partial charge in [0.1, 0.15) is 18.3 Å². The molecule has 4 aromatic rings. The van der Waals surface area contributed by atoms with E-state index in [1.165, 1.54) is 29.2 Å². The fourth-order valence-corrected chi connectivity index (χ4v) is 7.40. The molecule has 1 fully saturated rings. The van der Waals surface area contributed by atoms with Crippen molar-refractivity contribution in [2.24, 2.45) is 0 Å². The van der Waals surface area contributed by atoms with Crippen molar-refractivity contribution in [1.82, 2.24) is 10.2 Å². The Morgan fingerprint density at radius 2 is 1.55 bits per heavy atom. The maximum Gasteiger partial charge on any atom is 0.264 e. The molecule has 8 nitrogen and oxygen atoms in total. The predicted molar refractivity (Wildman–Crippen MR) is 185 cm³/mol. The fraction of sp³-hybridized carbons (Fsp3) is 0.297. The van der Waals surface area contributed by atoms with Gasteiger partial charge < -0.3 is 15.0 Å².